The molecule has 0 bridgehead atoms. The first-order valence-corrected chi connectivity index (χ1v) is 5.33. The molecule has 1 atom stereocenters. The van der Waals surface area contributed by atoms with E-state index in [9.17, 15) is 0 Å². The van der Waals surface area contributed by atoms with Gasteiger partial charge in [-0.3, -0.25) is 4.90 Å². The molecule has 2 nitrogen and oxygen atoms in total. The van der Waals surface area contributed by atoms with Crippen molar-refractivity contribution in [2.45, 2.75) is 38.1 Å². The number of likely N-dealkylation sites (N-methyl/N-ethyl adjacent to an activating group) is 1. The summed E-state index contributed by atoms with van der Waals surface area (Å²) >= 11 is 0. The highest BCUT2D eigenvalue weighted by Crippen LogP contribution is 2.32. The molecule has 0 saturated carbocycles. The second-order valence-corrected chi connectivity index (χ2v) is 4.19. The number of hydrogen-bond donors (Lipinski definition) is 1. The van der Waals surface area contributed by atoms with Crippen LogP contribution < -0.4 is 5.32 Å². The minimum Gasteiger partial charge on any atom is -0.315 e. The van der Waals surface area contributed by atoms with Gasteiger partial charge in [0, 0.05) is 12.1 Å². The Morgan fingerprint density at radius 2 is 2.25 bits per heavy atom. The van der Waals surface area contributed by atoms with Gasteiger partial charge in [-0.1, -0.05) is 13.3 Å². The van der Waals surface area contributed by atoms with Gasteiger partial charge in [0.05, 0.1) is 0 Å². The third kappa shape index (κ3) is 1.27. The van der Waals surface area contributed by atoms with Gasteiger partial charge in [-0.25, -0.2) is 0 Å². The summed E-state index contributed by atoms with van der Waals surface area (Å²) in [5, 5.41) is 3.51. The van der Waals surface area contributed by atoms with Gasteiger partial charge in [0.1, 0.15) is 0 Å². The van der Waals surface area contributed by atoms with Crippen molar-refractivity contribution in [2.24, 2.45) is 0 Å². The molecule has 2 heteroatoms. The lowest BCUT2D eigenvalue weighted by Gasteiger charge is -2.44. The zero-order valence-corrected chi connectivity index (χ0v) is 8.10. The van der Waals surface area contributed by atoms with Gasteiger partial charge in [-0.2, -0.15) is 0 Å². The summed E-state index contributed by atoms with van der Waals surface area (Å²) < 4.78 is 0. The van der Waals surface area contributed by atoms with Crippen LogP contribution in [0.2, 0.25) is 0 Å². The number of rotatable bonds is 1. The minimum absolute atomic E-state index is 0.562. The quantitative estimate of drug-likeness (QED) is 0.633. The van der Waals surface area contributed by atoms with Crippen LogP contribution in [0.3, 0.4) is 0 Å². The molecule has 0 aromatic rings. The largest absolute Gasteiger partial charge is 0.315 e. The van der Waals surface area contributed by atoms with Crippen molar-refractivity contribution >= 4 is 0 Å². The van der Waals surface area contributed by atoms with Crippen molar-refractivity contribution in [1.82, 2.24) is 10.2 Å². The summed E-state index contributed by atoms with van der Waals surface area (Å²) in [5.41, 5.74) is 0.562. The molecule has 2 rings (SSSR count). The lowest BCUT2D eigenvalue weighted by atomic mass is 9.86. The molecule has 1 N–H and O–H groups in total. The first-order chi connectivity index (χ1) is 5.87. The van der Waals surface area contributed by atoms with Crippen LogP contribution in [-0.2, 0) is 0 Å². The molecule has 0 aliphatic carbocycles. The Morgan fingerprint density at radius 1 is 1.33 bits per heavy atom. The van der Waals surface area contributed by atoms with E-state index in [1.807, 2.05) is 0 Å². The Balaban J connectivity index is 2.07. The van der Waals surface area contributed by atoms with Crippen LogP contribution >= 0.6 is 0 Å². The molecule has 1 spiro atoms. The number of piperidine rings is 1. The molecule has 2 heterocycles. The van der Waals surface area contributed by atoms with Crippen LogP contribution in [-0.4, -0.2) is 36.6 Å². The maximum Gasteiger partial charge on any atom is 0.0345 e. The van der Waals surface area contributed by atoms with Gasteiger partial charge < -0.3 is 5.32 Å². The van der Waals surface area contributed by atoms with Crippen molar-refractivity contribution in [3.63, 3.8) is 0 Å². The maximum atomic E-state index is 3.51. The van der Waals surface area contributed by atoms with Crippen LogP contribution in [0.15, 0.2) is 0 Å². The molecule has 2 aliphatic rings. The molecule has 70 valence electrons. The summed E-state index contributed by atoms with van der Waals surface area (Å²) in [7, 11) is 0. The summed E-state index contributed by atoms with van der Waals surface area (Å²) in [6.07, 6.45) is 5.66. The predicted molar refractivity (Wildman–Crippen MR) is 51.3 cm³/mol. The summed E-state index contributed by atoms with van der Waals surface area (Å²) in [5.74, 6) is 0. The standard InChI is InChI=1S/C10H20N2/c1-2-12-8-4-3-5-10(12)6-7-11-9-10/h11H,2-9H2,1H3. The average Bonchev–Trinajstić information content (AvgIpc) is 2.55. The van der Waals surface area contributed by atoms with Crippen molar-refractivity contribution in [3.05, 3.63) is 0 Å². The highest BCUT2D eigenvalue weighted by Gasteiger charge is 2.39. The average molecular weight is 168 g/mol. The maximum absolute atomic E-state index is 3.51. The van der Waals surface area contributed by atoms with Gasteiger partial charge in [0.25, 0.3) is 0 Å². The molecule has 0 amide bonds. The van der Waals surface area contributed by atoms with Crippen molar-refractivity contribution in [2.75, 3.05) is 26.2 Å². The topological polar surface area (TPSA) is 15.3 Å². The molecule has 0 radical (unpaired) electrons. The normalized spacial score (nSPS) is 37.8. The molecular formula is C10H20N2. The van der Waals surface area contributed by atoms with E-state index in [2.05, 4.69) is 17.1 Å². The fourth-order valence-corrected chi connectivity index (χ4v) is 2.86. The summed E-state index contributed by atoms with van der Waals surface area (Å²) in [6, 6.07) is 0. The van der Waals surface area contributed by atoms with E-state index in [0.29, 0.717) is 5.54 Å². The zero-order chi connectivity index (χ0) is 8.44. The van der Waals surface area contributed by atoms with Crippen LogP contribution in [0.1, 0.15) is 32.6 Å². The Labute approximate surface area is 75.3 Å². The predicted octanol–water partition coefficient (Wildman–Crippen LogP) is 1.22. The van der Waals surface area contributed by atoms with Gasteiger partial charge >= 0.3 is 0 Å². The highest BCUT2D eigenvalue weighted by atomic mass is 15.2. The fourth-order valence-electron chi connectivity index (χ4n) is 2.86. The Kier molecular flexibility index (Phi) is 2.37. The number of nitrogens with zero attached hydrogens (tertiary/aromatic N) is 1. The first-order valence-electron chi connectivity index (χ1n) is 5.33. The van der Waals surface area contributed by atoms with E-state index in [4.69, 9.17) is 0 Å². The molecule has 2 fully saturated rings. The van der Waals surface area contributed by atoms with Gasteiger partial charge in [-0.05, 0) is 38.9 Å². The second-order valence-electron chi connectivity index (χ2n) is 4.19. The molecule has 2 saturated heterocycles. The lowest BCUT2D eigenvalue weighted by molar-refractivity contribution is 0.0681. The molecule has 1 unspecified atom stereocenters. The first kappa shape index (κ1) is 8.52. The summed E-state index contributed by atoms with van der Waals surface area (Å²) in [4.78, 5) is 2.69. The smallest absolute Gasteiger partial charge is 0.0345 e. The van der Waals surface area contributed by atoms with Gasteiger partial charge in [0.2, 0.25) is 0 Å². The monoisotopic (exact) mass is 168 g/mol. The van der Waals surface area contributed by atoms with E-state index < -0.39 is 0 Å². The van der Waals surface area contributed by atoms with Crippen molar-refractivity contribution in [3.8, 4) is 0 Å². The van der Waals surface area contributed by atoms with Crippen LogP contribution in [0.4, 0.5) is 0 Å². The van der Waals surface area contributed by atoms with Crippen LogP contribution in [0, 0.1) is 0 Å². The number of nitrogens with one attached hydrogen (secondary N) is 1. The SMILES string of the molecule is CCN1CCCCC12CCNC2. The molecular weight excluding hydrogens is 148 g/mol. The molecule has 0 aromatic heterocycles. The number of hydrogen-bond acceptors (Lipinski definition) is 2. The van der Waals surface area contributed by atoms with E-state index in [1.54, 1.807) is 0 Å². The molecule has 2 aliphatic heterocycles. The Bertz CT molecular complexity index is 150. The third-order valence-electron chi connectivity index (χ3n) is 3.59. The summed E-state index contributed by atoms with van der Waals surface area (Å²) in [6.45, 7) is 7.34. The third-order valence-corrected chi connectivity index (χ3v) is 3.59. The zero-order valence-electron chi connectivity index (χ0n) is 8.10. The van der Waals surface area contributed by atoms with E-state index in [1.165, 1.54) is 51.9 Å². The van der Waals surface area contributed by atoms with Gasteiger partial charge in [0.15, 0.2) is 0 Å². The van der Waals surface area contributed by atoms with Gasteiger partial charge in [-0.15, -0.1) is 0 Å². The minimum atomic E-state index is 0.562. The number of likely N-dealkylation sites (tertiary alicyclic amines) is 1. The molecule has 0 aromatic carbocycles. The lowest BCUT2D eigenvalue weighted by Crippen LogP contribution is -2.53. The Morgan fingerprint density at radius 3 is 2.92 bits per heavy atom. The van der Waals surface area contributed by atoms with Crippen LogP contribution in [0.25, 0.3) is 0 Å². The Hall–Kier alpha value is -0.0800. The van der Waals surface area contributed by atoms with Crippen molar-refractivity contribution in [1.29, 1.82) is 0 Å². The highest BCUT2D eigenvalue weighted by molar-refractivity contribution is 4.99. The molecule has 12 heavy (non-hydrogen) atoms. The fraction of sp³-hybridized carbons (Fsp3) is 1.00. The van der Waals surface area contributed by atoms with E-state index in [-0.39, 0.29) is 0 Å². The van der Waals surface area contributed by atoms with E-state index in [0.717, 1.165) is 0 Å². The van der Waals surface area contributed by atoms with Crippen LogP contribution in [0.5, 0.6) is 0 Å². The van der Waals surface area contributed by atoms with E-state index >= 15 is 0 Å². The van der Waals surface area contributed by atoms with Crippen molar-refractivity contribution < 1.29 is 0 Å². The second kappa shape index (κ2) is 3.35.